The van der Waals surface area contributed by atoms with Crippen molar-refractivity contribution in [3.05, 3.63) is 77.0 Å². The Hall–Kier alpha value is -3.74. The largest absolute Gasteiger partial charge is 0.334 e. The molecule has 0 atom stereocenters. The van der Waals surface area contributed by atoms with E-state index in [1.165, 1.54) is 25.3 Å². The van der Waals surface area contributed by atoms with Crippen LogP contribution in [0.2, 0.25) is 0 Å². The SMILES string of the molecule is CC(=O)Nc1ccc(-c2cccc(Nc3ncccc3[N+](=O)[O-])c2)cc1. The van der Waals surface area contributed by atoms with Crippen molar-refractivity contribution in [2.24, 2.45) is 0 Å². The zero-order valence-electron chi connectivity index (χ0n) is 14.0. The maximum absolute atomic E-state index is 11.1. The van der Waals surface area contributed by atoms with E-state index in [0.717, 1.165) is 16.8 Å². The summed E-state index contributed by atoms with van der Waals surface area (Å²) in [7, 11) is 0. The van der Waals surface area contributed by atoms with Gasteiger partial charge in [0.05, 0.1) is 4.92 Å². The molecule has 26 heavy (non-hydrogen) atoms. The molecule has 0 aliphatic carbocycles. The monoisotopic (exact) mass is 348 g/mol. The summed E-state index contributed by atoms with van der Waals surface area (Å²) in [5, 5.41) is 16.8. The number of carbonyl (C=O) groups excluding carboxylic acids is 1. The molecule has 0 radical (unpaired) electrons. The van der Waals surface area contributed by atoms with Crippen molar-refractivity contribution in [3.63, 3.8) is 0 Å². The average Bonchev–Trinajstić information content (AvgIpc) is 2.62. The third-order valence-electron chi connectivity index (χ3n) is 3.65. The predicted molar refractivity (Wildman–Crippen MR) is 100 cm³/mol. The Morgan fingerprint density at radius 1 is 1.00 bits per heavy atom. The highest BCUT2D eigenvalue weighted by atomic mass is 16.6. The fourth-order valence-corrected chi connectivity index (χ4v) is 2.50. The van der Waals surface area contributed by atoms with E-state index in [0.29, 0.717) is 5.69 Å². The molecule has 3 aromatic rings. The molecule has 0 bridgehead atoms. The van der Waals surface area contributed by atoms with E-state index in [2.05, 4.69) is 15.6 Å². The van der Waals surface area contributed by atoms with E-state index < -0.39 is 4.92 Å². The molecule has 2 N–H and O–H groups in total. The normalized spacial score (nSPS) is 10.2. The van der Waals surface area contributed by atoms with Crippen molar-refractivity contribution >= 4 is 28.8 Å². The average molecular weight is 348 g/mol. The summed E-state index contributed by atoms with van der Waals surface area (Å²) in [4.78, 5) is 25.8. The van der Waals surface area contributed by atoms with Crippen LogP contribution < -0.4 is 10.6 Å². The fourth-order valence-electron chi connectivity index (χ4n) is 2.50. The van der Waals surface area contributed by atoms with Gasteiger partial charge >= 0.3 is 5.69 Å². The Bertz CT molecular complexity index is 955. The van der Waals surface area contributed by atoms with Crippen LogP contribution in [0.25, 0.3) is 11.1 Å². The molecule has 1 heterocycles. The number of pyridine rings is 1. The molecule has 130 valence electrons. The Labute approximate surface area is 149 Å². The third-order valence-corrected chi connectivity index (χ3v) is 3.65. The smallest absolute Gasteiger partial charge is 0.311 e. The lowest BCUT2D eigenvalue weighted by molar-refractivity contribution is -0.384. The molecular weight excluding hydrogens is 332 g/mol. The quantitative estimate of drug-likeness (QED) is 0.527. The maximum Gasteiger partial charge on any atom is 0.311 e. The van der Waals surface area contributed by atoms with Crippen molar-refractivity contribution in [1.29, 1.82) is 0 Å². The highest BCUT2D eigenvalue weighted by Crippen LogP contribution is 2.28. The lowest BCUT2D eigenvalue weighted by atomic mass is 10.0. The topological polar surface area (TPSA) is 97.2 Å². The number of amides is 1. The van der Waals surface area contributed by atoms with Crippen molar-refractivity contribution < 1.29 is 9.72 Å². The number of anilines is 3. The van der Waals surface area contributed by atoms with Crippen LogP contribution >= 0.6 is 0 Å². The standard InChI is InChI=1S/C19H16N4O3/c1-13(24)21-16-9-7-14(8-10-16)15-4-2-5-17(12-15)22-19-18(23(25)26)6-3-11-20-19/h2-12H,1H3,(H,20,22)(H,21,24). The molecule has 0 unspecified atom stereocenters. The number of nitrogens with zero attached hydrogens (tertiary/aromatic N) is 2. The van der Waals surface area contributed by atoms with Crippen LogP contribution in [0.4, 0.5) is 22.9 Å². The first kappa shape index (κ1) is 17.1. The molecule has 7 heteroatoms. The molecule has 0 saturated carbocycles. The van der Waals surface area contributed by atoms with Gasteiger partial charge < -0.3 is 10.6 Å². The molecule has 0 spiro atoms. The lowest BCUT2D eigenvalue weighted by Crippen LogP contribution is -2.05. The van der Waals surface area contributed by atoms with Crippen LogP contribution in [-0.2, 0) is 4.79 Å². The van der Waals surface area contributed by atoms with E-state index in [9.17, 15) is 14.9 Å². The van der Waals surface area contributed by atoms with E-state index >= 15 is 0 Å². The second-order valence-corrected chi connectivity index (χ2v) is 5.59. The Kier molecular flexibility index (Phi) is 4.89. The third kappa shape index (κ3) is 4.02. The van der Waals surface area contributed by atoms with Crippen molar-refractivity contribution in [3.8, 4) is 11.1 Å². The fraction of sp³-hybridized carbons (Fsp3) is 0.0526. The second kappa shape index (κ2) is 7.43. The molecule has 0 aliphatic rings. The van der Waals surface area contributed by atoms with Crippen LogP contribution in [0.3, 0.4) is 0 Å². The first-order valence-electron chi connectivity index (χ1n) is 7.87. The summed E-state index contributed by atoms with van der Waals surface area (Å²) in [6.45, 7) is 1.46. The van der Waals surface area contributed by atoms with Gasteiger partial charge in [0.15, 0.2) is 0 Å². The zero-order valence-corrected chi connectivity index (χ0v) is 14.0. The van der Waals surface area contributed by atoms with Gasteiger partial charge in [0.2, 0.25) is 11.7 Å². The summed E-state index contributed by atoms with van der Waals surface area (Å²) >= 11 is 0. The number of aromatic nitrogens is 1. The number of nitrogens with one attached hydrogen (secondary N) is 2. The highest BCUT2D eigenvalue weighted by molar-refractivity contribution is 5.89. The first-order valence-corrected chi connectivity index (χ1v) is 7.87. The van der Waals surface area contributed by atoms with E-state index in [4.69, 9.17) is 0 Å². The number of benzene rings is 2. The molecule has 2 aromatic carbocycles. The van der Waals surface area contributed by atoms with E-state index in [1.54, 1.807) is 0 Å². The van der Waals surface area contributed by atoms with Crippen molar-refractivity contribution in [2.45, 2.75) is 6.92 Å². The van der Waals surface area contributed by atoms with Gasteiger partial charge in [-0.1, -0.05) is 24.3 Å². The van der Waals surface area contributed by atoms with Gasteiger partial charge in [-0.2, -0.15) is 0 Å². The Balaban J connectivity index is 1.85. The van der Waals surface area contributed by atoms with Gasteiger partial charge in [0.25, 0.3) is 0 Å². The summed E-state index contributed by atoms with van der Waals surface area (Å²) in [5.41, 5.74) is 3.22. The van der Waals surface area contributed by atoms with Gasteiger partial charge in [0.1, 0.15) is 0 Å². The predicted octanol–water partition coefficient (Wildman–Crippen LogP) is 4.36. The summed E-state index contributed by atoms with van der Waals surface area (Å²) in [6.07, 6.45) is 1.50. The number of hydrogen-bond acceptors (Lipinski definition) is 5. The van der Waals surface area contributed by atoms with Crippen LogP contribution in [0, 0.1) is 10.1 Å². The van der Waals surface area contributed by atoms with Crippen molar-refractivity contribution in [2.75, 3.05) is 10.6 Å². The minimum atomic E-state index is -0.472. The highest BCUT2D eigenvalue weighted by Gasteiger charge is 2.14. The second-order valence-electron chi connectivity index (χ2n) is 5.59. The summed E-state index contributed by atoms with van der Waals surface area (Å²) in [5.74, 6) is 0.0663. The molecular formula is C19H16N4O3. The number of rotatable bonds is 5. The molecule has 1 aromatic heterocycles. The van der Waals surface area contributed by atoms with Gasteiger partial charge in [-0.3, -0.25) is 14.9 Å². The zero-order chi connectivity index (χ0) is 18.5. The Morgan fingerprint density at radius 2 is 1.77 bits per heavy atom. The van der Waals surface area contributed by atoms with Gasteiger partial charge in [-0.25, -0.2) is 4.98 Å². The molecule has 0 aliphatic heterocycles. The number of nitro groups is 1. The van der Waals surface area contributed by atoms with Gasteiger partial charge in [-0.05, 0) is 41.5 Å². The lowest BCUT2D eigenvalue weighted by Gasteiger charge is -2.09. The van der Waals surface area contributed by atoms with Gasteiger partial charge in [0, 0.05) is 30.6 Å². The maximum atomic E-state index is 11.1. The first-order chi connectivity index (χ1) is 12.5. The number of hydrogen-bond donors (Lipinski definition) is 2. The minimum absolute atomic E-state index is 0.0856. The van der Waals surface area contributed by atoms with Crippen LogP contribution in [0.5, 0.6) is 0 Å². The van der Waals surface area contributed by atoms with Crippen LogP contribution in [0.15, 0.2) is 66.9 Å². The van der Waals surface area contributed by atoms with E-state index in [1.807, 2.05) is 48.5 Å². The molecule has 0 saturated heterocycles. The molecule has 0 fully saturated rings. The summed E-state index contributed by atoms with van der Waals surface area (Å²) < 4.78 is 0. The number of carbonyl (C=O) groups is 1. The minimum Gasteiger partial charge on any atom is -0.334 e. The van der Waals surface area contributed by atoms with Gasteiger partial charge in [-0.15, -0.1) is 0 Å². The molecule has 7 nitrogen and oxygen atoms in total. The summed E-state index contributed by atoms with van der Waals surface area (Å²) in [6, 6.07) is 17.8. The van der Waals surface area contributed by atoms with Crippen LogP contribution in [-0.4, -0.2) is 15.8 Å². The van der Waals surface area contributed by atoms with Crippen molar-refractivity contribution in [1.82, 2.24) is 4.98 Å². The molecule has 1 amide bonds. The van der Waals surface area contributed by atoms with Crippen LogP contribution in [0.1, 0.15) is 6.92 Å². The Morgan fingerprint density at radius 3 is 2.46 bits per heavy atom. The van der Waals surface area contributed by atoms with E-state index in [-0.39, 0.29) is 17.4 Å². The molecule has 3 rings (SSSR count).